The number of fused-ring (bicyclic) bond motifs is 1. The summed E-state index contributed by atoms with van der Waals surface area (Å²) in [4.78, 5) is 14.5. The molecule has 0 saturated heterocycles. The highest BCUT2D eigenvalue weighted by molar-refractivity contribution is 7.99. The highest BCUT2D eigenvalue weighted by atomic mass is 32.2. The van der Waals surface area contributed by atoms with Crippen LogP contribution in [-0.2, 0) is 17.6 Å². The molecular formula is C18H23N3O2S2. The van der Waals surface area contributed by atoms with E-state index in [1.165, 1.54) is 41.5 Å². The van der Waals surface area contributed by atoms with Gasteiger partial charge in [-0.3, -0.25) is 4.79 Å². The molecule has 0 bridgehead atoms. The molecule has 2 aliphatic rings. The number of thioether (sulfide) groups is 1. The Labute approximate surface area is 156 Å². The Bertz CT molecular complexity index is 749. The molecule has 0 spiro atoms. The zero-order valence-corrected chi connectivity index (χ0v) is 16.0. The predicted octanol–water partition coefficient (Wildman–Crippen LogP) is 4.07. The molecule has 2 aromatic rings. The third-order valence-corrected chi connectivity index (χ3v) is 7.04. The summed E-state index contributed by atoms with van der Waals surface area (Å²) >= 11 is 3.08. The van der Waals surface area contributed by atoms with Crippen molar-refractivity contribution in [2.45, 2.75) is 63.1 Å². The second-order valence-electron chi connectivity index (χ2n) is 7.12. The Balaban J connectivity index is 1.35. The first-order chi connectivity index (χ1) is 12.2. The maximum Gasteiger partial charge on any atom is 0.277 e. The third kappa shape index (κ3) is 4.08. The normalized spacial score (nSPS) is 20.6. The number of hydrogen-bond acceptors (Lipinski definition) is 6. The van der Waals surface area contributed by atoms with Crippen LogP contribution in [0.2, 0.25) is 0 Å². The molecular weight excluding hydrogens is 354 g/mol. The number of hydrogen-bond donors (Lipinski definition) is 1. The summed E-state index contributed by atoms with van der Waals surface area (Å²) in [7, 11) is 0. The van der Waals surface area contributed by atoms with Gasteiger partial charge in [0, 0.05) is 10.9 Å². The van der Waals surface area contributed by atoms with Gasteiger partial charge in [-0.25, -0.2) is 0 Å². The van der Waals surface area contributed by atoms with Gasteiger partial charge >= 0.3 is 0 Å². The van der Waals surface area contributed by atoms with Crippen molar-refractivity contribution in [2.75, 3.05) is 5.75 Å². The second-order valence-corrected chi connectivity index (χ2v) is 9.18. The van der Waals surface area contributed by atoms with E-state index in [2.05, 4.69) is 28.5 Å². The minimum Gasteiger partial charge on any atom is -0.410 e. The maximum absolute atomic E-state index is 12.0. The van der Waals surface area contributed by atoms with Gasteiger partial charge < -0.3 is 9.73 Å². The van der Waals surface area contributed by atoms with Crippen LogP contribution in [0, 0.1) is 5.92 Å². The Morgan fingerprint density at radius 3 is 3.04 bits per heavy atom. The summed E-state index contributed by atoms with van der Waals surface area (Å²) in [6.07, 6.45) is 8.18. The SMILES string of the molecule is C[C@@H]1CCc2sc(-c3nnc(SCC(=O)NC4CCCC4)o3)cc2C1. The first kappa shape index (κ1) is 17.1. The molecule has 1 saturated carbocycles. The molecule has 25 heavy (non-hydrogen) atoms. The largest absolute Gasteiger partial charge is 0.410 e. The van der Waals surface area contributed by atoms with Gasteiger partial charge in [0.15, 0.2) is 0 Å². The Morgan fingerprint density at radius 2 is 2.20 bits per heavy atom. The summed E-state index contributed by atoms with van der Waals surface area (Å²) in [5.41, 5.74) is 1.43. The second kappa shape index (κ2) is 7.50. The van der Waals surface area contributed by atoms with Gasteiger partial charge in [0.1, 0.15) is 0 Å². The molecule has 4 rings (SSSR count). The molecule has 0 unspecified atom stereocenters. The van der Waals surface area contributed by atoms with Gasteiger partial charge in [-0.2, -0.15) is 0 Å². The van der Waals surface area contributed by atoms with Crippen molar-refractivity contribution in [3.63, 3.8) is 0 Å². The summed E-state index contributed by atoms with van der Waals surface area (Å²) in [6, 6.07) is 2.55. The van der Waals surface area contributed by atoms with Gasteiger partial charge in [0.25, 0.3) is 11.1 Å². The van der Waals surface area contributed by atoms with E-state index in [-0.39, 0.29) is 5.91 Å². The molecule has 0 aliphatic heterocycles. The average molecular weight is 378 g/mol. The van der Waals surface area contributed by atoms with E-state index in [0.717, 1.165) is 36.5 Å². The zero-order chi connectivity index (χ0) is 17.2. The number of amides is 1. The summed E-state index contributed by atoms with van der Waals surface area (Å²) in [5.74, 6) is 1.71. The van der Waals surface area contributed by atoms with Crippen LogP contribution >= 0.6 is 23.1 Å². The monoisotopic (exact) mass is 377 g/mol. The van der Waals surface area contributed by atoms with Gasteiger partial charge in [-0.05, 0) is 49.7 Å². The van der Waals surface area contributed by atoms with Crippen molar-refractivity contribution in [2.24, 2.45) is 5.92 Å². The van der Waals surface area contributed by atoms with Crippen molar-refractivity contribution in [3.8, 4) is 10.8 Å². The molecule has 2 aromatic heterocycles. The van der Waals surface area contributed by atoms with Crippen molar-refractivity contribution in [1.29, 1.82) is 0 Å². The molecule has 2 heterocycles. The number of carbonyl (C=O) groups excluding carboxylic acids is 1. The zero-order valence-electron chi connectivity index (χ0n) is 14.4. The average Bonchev–Trinajstić information content (AvgIpc) is 3.32. The number of rotatable bonds is 5. The van der Waals surface area contributed by atoms with Crippen molar-refractivity contribution in [3.05, 3.63) is 16.5 Å². The standard InChI is InChI=1S/C18H23N3O2S2/c1-11-6-7-14-12(8-11)9-15(25-14)17-20-21-18(23-17)24-10-16(22)19-13-4-2-3-5-13/h9,11,13H,2-8,10H2,1H3,(H,19,22)/t11-/m1/s1. The molecule has 1 fully saturated rings. The minimum atomic E-state index is 0.0530. The minimum absolute atomic E-state index is 0.0530. The van der Waals surface area contributed by atoms with Gasteiger partial charge in [-0.15, -0.1) is 21.5 Å². The van der Waals surface area contributed by atoms with E-state index < -0.39 is 0 Å². The Kier molecular flexibility index (Phi) is 5.12. The number of nitrogens with zero attached hydrogens (tertiary/aromatic N) is 2. The van der Waals surface area contributed by atoms with Crippen LogP contribution in [0.5, 0.6) is 0 Å². The molecule has 5 nitrogen and oxygen atoms in total. The third-order valence-electron chi connectivity index (χ3n) is 4.99. The Morgan fingerprint density at radius 1 is 1.36 bits per heavy atom. The van der Waals surface area contributed by atoms with E-state index in [1.54, 1.807) is 11.3 Å². The summed E-state index contributed by atoms with van der Waals surface area (Å²) < 4.78 is 5.77. The summed E-state index contributed by atoms with van der Waals surface area (Å²) in [6.45, 7) is 2.30. The lowest BCUT2D eigenvalue weighted by atomic mass is 9.90. The molecule has 2 aliphatic carbocycles. The number of aryl methyl sites for hydroxylation is 1. The number of nitrogens with one attached hydrogen (secondary N) is 1. The fourth-order valence-electron chi connectivity index (χ4n) is 3.65. The van der Waals surface area contributed by atoms with Gasteiger partial charge in [0.05, 0.1) is 10.6 Å². The van der Waals surface area contributed by atoms with Crippen molar-refractivity contribution < 1.29 is 9.21 Å². The number of aromatic nitrogens is 2. The lowest BCUT2D eigenvalue weighted by Gasteiger charge is -2.16. The predicted molar refractivity (Wildman–Crippen MR) is 99.9 cm³/mol. The van der Waals surface area contributed by atoms with Crippen molar-refractivity contribution >= 4 is 29.0 Å². The van der Waals surface area contributed by atoms with E-state index in [4.69, 9.17) is 4.42 Å². The quantitative estimate of drug-likeness (QED) is 0.796. The van der Waals surface area contributed by atoms with Crippen LogP contribution < -0.4 is 5.32 Å². The number of thiophene rings is 1. The topological polar surface area (TPSA) is 68.0 Å². The van der Waals surface area contributed by atoms with Gasteiger partial charge in [-0.1, -0.05) is 31.5 Å². The van der Waals surface area contributed by atoms with Crippen LogP contribution in [0.25, 0.3) is 10.8 Å². The van der Waals surface area contributed by atoms with E-state index >= 15 is 0 Å². The van der Waals surface area contributed by atoms with Crippen LogP contribution in [0.4, 0.5) is 0 Å². The van der Waals surface area contributed by atoms with E-state index in [9.17, 15) is 4.79 Å². The molecule has 1 atom stereocenters. The first-order valence-corrected chi connectivity index (χ1v) is 10.8. The van der Waals surface area contributed by atoms with Crippen molar-refractivity contribution in [1.82, 2.24) is 15.5 Å². The van der Waals surface area contributed by atoms with Crippen LogP contribution in [0.1, 0.15) is 49.5 Å². The summed E-state index contributed by atoms with van der Waals surface area (Å²) in [5, 5.41) is 11.8. The lowest BCUT2D eigenvalue weighted by Crippen LogP contribution is -2.33. The molecule has 1 amide bonds. The lowest BCUT2D eigenvalue weighted by molar-refractivity contribution is -0.119. The molecule has 134 valence electrons. The van der Waals surface area contributed by atoms with Gasteiger partial charge in [0.2, 0.25) is 5.91 Å². The molecule has 1 N–H and O–H groups in total. The van der Waals surface area contributed by atoms with Crippen LogP contribution in [0.15, 0.2) is 15.7 Å². The first-order valence-electron chi connectivity index (χ1n) is 9.05. The van der Waals surface area contributed by atoms with E-state index in [1.807, 2.05) is 0 Å². The molecule has 0 aromatic carbocycles. The van der Waals surface area contributed by atoms with Crippen LogP contribution in [0.3, 0.4) is 0 Å². The van der Waals surface area contributed by atoms with Crippen LogP contribution in [-0.4, -0.2) is 27.9 Å². The Hall–Kier alpha value is -1.34. The highest BCUT2D eigenvalue weighted by Gasteiger charge is 2.21. The fraction of sp³-hybridized carbons (Fsp3) is 0.611. The highest BCUT2D eigenvalue weighted by Crippen LogP contribution is 2.37. The molecule has 0 radical (unpaired) electrons. The maximum atomic E-state index is 12.0. The smallest absolute Gasteiger partial charge is 0.277 e. The fourth-order valence-corrected chi connectivity index (χ4v) is 5.35. The number of carbonyl (C=O) groups is 1. The molecule has 7 heteroatoms. The van der Waals surface area contributed by atoms with E-state index in [0.29, 0.717) is 22.9 Å².